The fraction of sp³-hybridized carbons (Fsp3) is 0.429. The first-order valence-electron chi connectivity index (χ1n) is 6.53. The number of nitrogens with zero attached hydrogens (tertiary/aromatic N) is 1. The maximum Gasteiger partial charge on any atom is 0.265 e. The third kappa shape index (κ3) is 5.27. The summed E-state index contributed by atoms with van der Waals surface area (Å²) in [6, 6.07) is 5.39. The summed E-state index contributed by atoms with van der Waals surface area (Å²) < 4.78 is 11.1. The molecule has 0 saturated heterocycles. The molecule has 0 radical (unpaired) electrons. The molecule has 0 aliphatic rings. The number of ether oxygens (including phenoxy) is 2. The zero-order chi connectivity index (χ0) is 14.8. The Hall–Kier alpha value is -2.08. The molecule has 20 heavy (non-hydrogen) atoms. The van der Waals surface area contributed by atoms with Crippen LogP contribution in [0.3, 0.4) is 0 Å². The Balaban J connectivity index is 2.78. The molecular weight excluding hydrogens is 260 g/mol. The quantitative estimate of drug-likeness (QED) is 0.556. The molecule has 0 aliphatic carbocycles. The average Bonchev–Trinajstić information content (AvgIpc) is 2.46. The molecular formula is C14H20N2O4. The van der Waals surface area contributed by atoms with Gasteiger partial charge in [0.1, 0.15) is 6.61 Å². The summed E-state index contributed by atoms with van der Waals surface area (Å²) in [5, 5.41) is 12.3. The summed E-state index contributed by atoms with van der Waals surface area (Å²) in [5.41, 5.74) is 2.95. The monoisotopic (exact) mass is 280 g/mol. The highest BCUT2D eigenvalue weighted by atomic mass is 16.5. The van der Waals surface area contributed by atoms with Crippen molar-refractivity contribution >= 4 is 12.1 Å². The lowest BCUT2D eigenvalue weighted by atomic mass is 10.2. The molecule has 0 saturated carbocycles. The normalized spacial score (nSPS) is 10.6. The number of hydrogen-bond donors (Lipinski definition) is 2. The van der Waals surface area contributed by atoms with Gasteiger partial charge in [0.25, 0.3) is 5.91 Å². The molecule has 0 aromatic heterocycles. The van der Waals surface area contributed by atoms with Crippen LogP contribution in [0.4, 0.5) is 0 Å². The first-order chi connectivity index (χ1) is 9.71. The SMILES string of the molecule is CCCOc1ccc(/C=N/NC(=O)CO)cc1OCC. The number of carbonyl (C=O) groups is 1. The van der Waals surface area contributed by atoms with Gasteiger partial charge >= 0.3 is 0 Å². The Morgan fingerprint density at radius 3 is 2.80 bits per heavy atom. The van der Waals surface area contributed by atoms with Gasteiger partial charge < -0.3 is 14.6 Å². The van der Waals surface area contributed by atoms with Crippen LogP contribution < -0.4 is 14.9 Å². The van der Waals surface area contributed by atoms with Crippen LogP contribution in [0.25, 0.3) is 0 Å². The molecule has 1 aromatic rings. The molecule has 0 heterocycles. The van der Waals surface area contributed by atoms with Gasteiger partial charge in [0.2, 0.25) is 0 Å². The van der Waals surface area contributed by atoms with Crippen molar-refractivity contribution in [2.45, 2.75) is 20.3 Å². The summed E-state index contributed by atoms with van der Waals surface area (Å²) in [6.45, 7) is 4.49. The van der Waals surface area contributed by atoms with Crippen molar-refractivity contribution in [2.24, 2.45) is 5.10 Å². The first kappa shape index (κ1) is 16.0. The van der Waals surface area contributed by atoms with Gasteiger partial charge in [-0.1, -0.05) is 6.92 Å². The van der Waals surface area contributed by atoms with Crippen LogP contribution in [-0.2, 0) is 4.79 Å². The second kappa shape index (κ2) is 8.92. The lowest BCUT2D eigenvalue weighted by Gasteiger charge is -2.11. The van der Waals surface area contributed by atoms with E-state index in [0.717, 1.165) is 12.0 Å². The molecule has 6 heteroatoms. The highest BCUT2D eigenvalue weighted by Gasteiger charge is 2.05. The van der Waals surface area contributed by atoms with Gasteiger partial charge in [-0.25, -0.2) is 5.43 Å². The molecule has 0 bridgehead atoms. The zero-order valence-electron chi connectivity index (χ0n) is 11.8. The molecule has 6 nitrogen and oxygen atoms in total. The zero-order valence-corrected chi connectivity index (χ0v) is 11.8. The Bertz CT molecular complexity index is 460. The van der Waals surface area contributed by atoms with Crippen LogP contribution in [0, 0.1) is 0 Å². The van der Waals surface area contributed by atoms with Crippen molar-refractivity contribution in [1.29, 1.82) is 0 Å². The topological polar surface area (TPSA) is 80.2 Å². The number of benzene rings is 1. The number of nitrogens with one attached hydrogen (secondary N) is 1. The third-order valence-corrected chi connectivity index (χ3v) is 2.28. The number of aliphatic hydroxyl groups is 1. The molecule has 1 amide bonds. The van der Waals surface area contributed by atoms with Gasteiger partial charge in [-0.05, 0) is 37.1 Å². The van der Waals surface area contributed by atoms with E-state index >= 15 is 0 Å². The number of amides is 1. The van der Waals surface area contributed by atoms with Crippen molar-refractivity contribution in [3.05, 3.63) is 23.8 Å². The van der Waals surface area contributed by atoms with Crippen LogP contribution in [0.5, 0.6) is 11.5 Å². The summed E-state index contributed by atoms with van der Waals surface area (Å²) in [5.74, 6) is 0.762. The van der Waals surface area contributed by atoms with E-state index in [2.05, 4.69) is 10.5 Å². The molecule has 0 fully saturated rings. The third-order valence-electron chi connectivity index (χ3n) is 2.28. The Labute approximate surface area is 118 Å². The van der Waals surface area contributed by atoms with Crippen molar-refractivity contribution in [1.82, 2.24) is 5.43 Å². The number of rotatable bonds is 8. The predicted molar refractivity (Wildman–Crippen MR) is 76.2 cm³/mol. The smallest absolute Gasteiger partial charge is 0.265 e. The van der Waals surface area contributed by atoms with Crippen LogP contribution in [0.2, 0.25) is 0 Å². The van der Waals surface area contributed by atoms with Gasteiger partial charge in [-0.2, -0.15) is 5.10 Å². The van der Waals surface area contributed by atoms with Gasteiger partial charge in [0.15, 0.2) is 11.5 Å². The van der Waals surface area contributed by atoms with E-state index in [0.29, 0.717) is 24.7 Å². The first-order valence-corrected chi connectivity index (χ1v) is 6.53. The molecule has 0 atom stereocenters. The summed E-state index contributed by atoms with van der Waals surface area (Å²) in [7, 11) is 0. The summed E-state index contributed by atoms with van der Waals surface area (Å²) in [6.07, 6.45) is 2.39. The lowest BCUT2D eigenvalue weighted by molar-refractivity contribution is -0.123. The highest BCUT2D eigenvalue weighted by molar-refractivity contribution is 5.83. The van der Waals surface area contributed by atoms with Crippen LogP contribution in [0.15, 0.2) is 23.3 Å². The molecule has 110 valence electrons. The van der Waals surface area contributed by atoms with E-state index in [9.17, 15) is 4.79 Å². The number of carbonyl (C=O) groups excluding carboxylic acids is 1. The Morgan fingerprint density at radius 1 is 1.35 bits per heavy atom. The lowest BCUT2D eigenvalue weighted by Crippen LogP contribution is -2.20. The second-order valence-corrected chi connectivity index (χ2v) is 3.94. The minimum absolute atomic E-state index is 0.532. The van der Waals surface area contributed by atoms with Crippen molar-refractivity contribution in [3.63, 3.8) is 0 Å². The minimum atomic E-state index is -0.592. The Morgan fingerprint density at radius 2 is 2.15 bits per heavy atom. The molecule has 0 unspecified atom stereocenters. The van der Waals surface area contributed by atoms with Crippen molar-refractivity contribution < 1.29 is 19.4 Å². The summed E-state index contributed by atoms with van der Waals surface area (Å²) >= 11 is 0. The van der Waals surface area contributed by atoms with E-state index in [-0.39, 0.29) is 0 Å². The standard InChI is InChI=1S/C14H20N2O4/c1-3-7-20-12-6-5-11(8-13(12)19-4-2)9-15-16-14(18)10-17/h5-6,8-9,17H,3-4,7,10H2,1-2H3,(H,16,18)/b15-9+. The second-order valence-electron chi connectivity index (χ2n) is 3.94. The fourth-order valence-corrected chi connectivity index (χ4v) is 1.42. The van der Waals surface area contributed by atoms with E-state index in [1.807, 2.05) is 19.9 Å². The molecule has 1 rings (SSSR count). The molecule has 0 spiro atoms. The van der Waals surface area contributed by atoms with Crippen molar-refractivity contribution in [3.8, 4) is 11.5 Å². The van der Waals surface area contributed by atoms with E-state index in [1.54, 1.807) is 12.1 Å². The van der Waals surface area contributed by atoms with E-state index in [4.69, 9.17) is 14.6 Å². The maximum absolute atomic E-state index is 10.8. The van der Waals surface area contributed by atoms with Crippen LogP contribution >= 0.6 is 0 Å². The Kier molecular flexibility index (Phi) is 7.13. The van der Waals surface area contributed by atoms with Gasteiger partial charge in [-0.15, -0.1) is 0 Å². The fourth-order valence-electron chi connectivity index (χ4n) is 1.42. The van der Waals surface area contributed by atoms with E-state index in [1.165, 1.54) is 6.21 Å². The largest absolute Gasteiger partial charge is 0.490 e. The van der Waals surface area contributed by atoms with Gasteiger partial charge in [0.05, 0.1) is 19.4 Å². The van der Waals surface area contributed by atoms with E-state index < -0.39 is 12.5 Å². The van der Waals surface area contributed by atoms with Gasteiger partial charge in [0, 0.05) is 0 Å². The minimum Gasteiger partial charge on any atom is -0.490 e. The number of hydrazone groups is 1. The van der Waals surface area contributed by atoms with Crippen LogP contribution in [0.1, 0.15) is 25.8 Å². The predicted octanol–water partition coefficient (Wildman–Crippen LogP) is 1.32. The van der Waals surface area contributed by atoms with Crippen molar-refractivity contribution in [2.75, 3.05) is 19.8 Å². The summed E-state index contributed by atoms with van der Waals surface area (Å²) in [4.78, 5) is 10.8. The molecule has 0 aliphatic heterocycles. The van der Waals surface area contributed by atoms with Gasteiger partial charge in [-0.3, -0.25) is 4.79 Å². The van der Waals surface area contributed by atoms with Crippen LogP contribution in [-0.4, -0.2) is 37.0 Å². The highest BCUT2D eigenvalue weighted by Crippen LogP contribution is 2.28. The average molecular weight is 280 g/mol. The number of aliphatic hydroxyl groups excluding tert-OH is 1. The maximum atomic E-state index is 10.8. The number of hydrogen-bond acceptors (Lipinski definition) is 5. The molecule has 1 aromatic carbocycles. The molecule has 2 N–H and O–H groups in total.